The summed E-state index contributed by atoms with van der Waals surface area (Å²) in [4.78, 5) is 53.6. The van der Waals surface area contributed by atoms with E-state index < -0.39 is 11.8 Å². The molecule has 2 heterocycles. The Balaban J connectivity index is 1.56. The zero-order chi connectivity index (χ0) is 21.3. The molecule has 2 aromatic rings. The molecule has 0 N–H and O–H groups in total. The summed E-state index contributed by atoms with van der Waals surface area (Å²) in [6.45, 7) is 2.94. The molecule has 0 aliphatic carbocycles. The molecule has 0 atom stereocenters. The largest absolute Gasteiger partial charge is 0.466 e. The number of piperidine rings is 1. The number of imide groups is 1. The summed E-state index contributed by atoms with van der Waals surface area (Å²) in [7, 11) is 0. The van der Waals surface area contributed by atoms with Crippen LogP contribution in [0.3, 0.4) is 0 Å². The quantitative estimate of drug-likeness (QED) is 0.576. The zero-order valence-electron chi connectivity index (χ0n) is 16.7. The van der Waals surface area contributed by atoms with Crippen molar-refractivity contribution in [2.45, 2.75) is 19.8 Å². The minimum Gasteiger partial charge on any atom is -0.466 e. The van der Waals surface area contributed by atoms with Gasteiger partial charge in [0, 0.05) is 13.1 Å². The van der Waals surface area contributed by atoms with E-state index in [9.17, 15) is 19.2 Å². The number of nitrogens with zero attached hydrogens (tertiary/aromatic N) is 2. The van der Waals surface area contributed by atoms with Gasteiger partial charge in [-0.3, -0.25) is 19.2 Å². The molecule has 0 unspecified atom stereocenters. The maximum absolute atomic E-state index is 13.2. The fourth-order valence-electron chi connectivity index (χ4n) is 4.01. The summed E-state index contributed by atoms with van der Waals surface area (Å²) < 4.78 is 5.08. The van der Waals surface area contributed by atoms with Gasteiger partial charge in [0.1, 0.15) is 0 Å². The molecule has 2 aliphatic heterocycles. The van der Waals surface area contributed by atoms with Crippen LogP contribution in [0, 0.1) is 5.92 Å². The van der Waals surface area contributed by atoms with E-state index in [-0.39, 0.29) is 23.5 Å². The highest BCUT2D eigenvalue weighted by Crippen LogP contribution is 2.32. The van der Waals surface area contributed by atoms with E-state index >= 15 is 0 Å². The number of hydrogen-bond acceptors (Lipinski definition) is 5. The summed E-state index contributed by atoms with van der Waals surface area (Å²) in [6, 6.07) is 13.3. The second kappa shape index (κ2) is 8.10. The van der Waals surface area contributed by atoms with E-state index in [1.54, 1.807) is 60.4 Å². The zero-order valence-corrected chi connectivity index (χ0v) is 16.7. The van der Waals surface area contributed by atoms with Gasteiger partial charge in [-0.15, -0.1) is 0 Å². The van der Waals surface area contributed by atoms with Crippen molar-refractivity contribution < 1.29 is 23.9 Å². The summed E-state index contributed by atoms with van der Waals surface area (Å²) in [6.07, 6.45) is 1.06. The average Bonchev–Trinajstić information content (AvgIpc) is 3.04. The maximum Gasteiger partial charge on any atom is 0.309 e. The van der Waals surface area contributed by atoms with Crippen molar-refractivity contribution in [1.82, 2.24) is 4.90 Å². The fourth-order valence-corrected chi connectivity index (χ4v) is 4.01. The number of benzene rings is 2. The van der Waals surface area contributed by atoms with Gasteiger partial charge >= 0.3 is 5.97 Å². The topological polar surface area (TPSA) is 84.0 Å². The normalized spacial score (nSPS) is 16.6. The standard InChI is InChI=1S/C23H22N2O5/c1-2-30-23(29)15-11-13-24(14-12-15)20(26)18-9-5-6-10-19(18)25-21(27)16-7-3-4-8-17(16)22(25)28/h3-10,15H,2,11-14H2,1H3. The van der Waals surface area contributed by atoms with Gasteiger partial charge in [-0.2, -0.15) is 0 Å². The van der Waals surface area contributed by atoms with Crippen molar-refractivity contribution in [3.05, 3.63) is 65.2 Å². The SMILES string of the molecule is CCOC(=O)C1CCN(C(=O)c2ccccc2N2C(=O)c3ccccc3C2=O)CC1. The average molecular weight is 406 g/mol. The van der Waals surface area contributed by atoms with Gasteiger partial charge in [-0.1, -0.05) is 24.3 Å². The van der Waals surface area contributed by atoms with Crippen molar-refractivity contribution in [2.24, 2.45) is 5.92 Å². The Kier molecular flexibility index (Phi) is 5.35. The molecular formula is C23H22N2O5. The number of esters is 1. The first-order chi connectivity index (χ1) is 14.5. The highest BCUT2D eigenvalue weighted by Gasteiger charge is 2.39. The van der Waals surface area contributed by atoms with Crippen LogP contribution in [-0.2, 0) is 9.53 Å². The lowest BCUT2D eigenvalue weighted by atomic mass is 9.96. The third-order valence-electron chi connectivity index (χ3n) is 5.57. The Morgan fingerprint density at radius 1 is 0.933 bits per heavy atom. The fraction of sp³-hybridized carbons (Fsp3) is 0.304. The van der Waals surface area contributed by atoms with Gasteiger partial charge < -0.3 is 9.64 Å². The van der Waals surface area contributed by atoms with Gasteiger partial charge in [0.25, 0.3) is 17.7 Å². The molecule has 2 aliphatic rings. The predicted octanol–water partition coefficient (Wildman–Crippen LogP) is 2.90. The molecule has 2 aromatic carbocycles. The first kappa shape index (κ1) is 19.8. The summed E-state index contributed by atoms with van der Waals surface area (Å²) in [5.41, 5.74) is 1.24. The van der Waals surface area contributed by atoms with Gasteiger partial charge in [0.05, 0.1) is 34.9 Å². The van der Waals surface area contributed by atoms with Crippen LogP contribution in [0.5, 0.6) is 0 Å². The van der Waals surface area contributed by atoms with Gasteiger partial charge in [0.2, 0.25) is 0 Å². The summed E-state index contributed by atoms with van der Waals surface area (Å²) in [5.74, 6) is -1.56. The smallest absolute Gasteiger partial charge is 0.309 e. The van der Waals surface area contributed by atoms with E-state index in [2.05, 4.69) is 0 Å². The van der Waals surface area contributed by atoms with Crippen molar-refractivity contribution >= 4 is 29.4 Å². The van der Waals surface area contributed by atoms with Crippen LogP contribution in [0.2, 0.25) is 0 Å². The molecule has 1 saturated heterocycles. The molecule has 3 amide bonds. The van der Waals surface area contributed by atoms with Gasteiger partial charge in [-0.05, 0) is 44.0 Å². The van der Waals surface area contributed by atoms with Crippen molar-refractivity contribution in [3.8, 4) is 0 Å². The van der Waals surface area contributed by atoms with Gasteiger partial charge in [-0.25, -0.2) is 4.90 Å². The molecule has 4 rings (SSSR count). The molecule has 30 heavy (non-hydrogen) atoms. The second-order valence-corrected chi connectivity index (χ2v) is 7.33. The summed E-state index contributed by atoms with van der Waals surface area (Å²) in [5, 5.41) is 0. The number of fused-ring (bicyclic) bond motifs is 1. The van der Waals surface area contributed by atoms with Crippen LogP contribution in [0.25, 0.3) is 0 Å². The monoisotopic (exact) mass is 406 g/mol. The lowest BCUT2D eigenvalue weighted by Crippen LogP contribution is -2.41. The molecule has 7 nitrogen and oxygen atoms in total. The number of amides is 3. The minimum absolute atomic E-state index is 0.208. The van der Waals surface area contributed by atoms with E-state index in [1.807, 2.05) is 0 Å². The lowest BCUT2D eigenvalue weighted by Gasteiger charge is -2.31. The third kappa shape index (κ3) is 3.36. The van der Waals surface area contributed by atoms with Crippen LogP contribution in [0.1, 0.15) is 50.8 Å². The van der Waals surface area contributed by atoms with Crippen molar-refractivity contribution in [3.63, 3.8) is 0 Å². The van der Waals surface area contributed by atoms with Crippen molar-refractivity contribution in [2.75, 3.05) is 24.6 Å². The molecule has 0 saturated carbocycles. The number of ether oxygens (including phenoxy) is 1. The number of likely N-dealkylation sites (tertiary alicyclic amines) is 1. The van der Waals surface area contributed by atoms with Crippen LogP contribution in [0.15, 0.2) is 48.5 Å². The Hall–Kier alpha value is -3.48. The first-order valence-electron chi connectivity index (χ1n) is 10.1. The Labute approximate surface area is 174 Å². The number of para-hydroxylation sites is 1. The summed E-state index contributed by atoms with van der Waals surface area (Å²) >= 11 is 0. The molecule has 7 heteroatoms. The predicted molar refractivity (Wildman–Crippen MR) is 109 cm³/mol. The lowest BCUT2D eigenvalue weighted by molar-refractivity contribution is -0.149. The Morgan fingerprint density at radius 2 is 1.50 bits per heavy atom. The van der Waals surface area contributed by atoms with E-state index in [4.69, 9.17) is 4.74 Å². The molecule has 1 fully saturated rings. The third-order valence-corrected chi connectivity index (χ3v) is 5.57. The second-order valence-electron chi connectivity index (χ2n) is 7.33. The van der Waals surface area contributed by atoms with Crippen molar-refractivity contribution in [1.29, 1.82) is 0 Å². The molecule has 0 spiro atoms. The number of anilines is 1. The molecule has 0 radical (unpaired) electrons. The number of carbonyl (C=O) groups excluding carboxylic acids is 4. The Morgan fingerprint density at radius 3 is 2.10 bits per heavy atom. The van der Waals surface area contributed by atoms with E-state index in [0.29, 0.717) is 49.2 Å². The molecular weight excluding hydrogens is 384 g/mol. The van der Waals surface area contributed by atoms with Gasteiger partial charge in [0.15, 0.2) is 0 Å². The number of carbonyl (C=O) groups is 4. The Bertz CT molecular complexity index is 989. The molecule has 154 valence electrons. The minimum atomic E-state index is -0.433. The number of hydrogen-bond donors (Lipinski definition) is 0. The number of rotatable bonds is 4. The van der Waals surface area contributed by atoms with E-state index in [0.717, 1.165) is 4.90 Å². The van der Waals surface area contributed by atoms with Crippen LogP contribution >= 0.6 is 0 Å². The van der Waals surface area contributed by atoms with Crippen LogP contribution in [-0.4, -0.2) is 48.3 Å². The molecule has 0 bridgehead atoms. The van der Waals surface area contributed by atoms with Crippen LogP contribution in [0.4, 0.5) is 5.69 Å². The first-order valence-corrected chi connectivity index (χ1v) is 10.1. The maximum atomic E-state index is 13.2. The van der Waals surface area contributed by atoms with E-state index in [1.165, 1.54) is 0 Å². The highest BCUT2D eigenvalue weighted by molar-refractivity contribution is 6.35. The van der Waals surface area contributed by atoms with Crippen LogP contribution < -0.4 is 4.90 Å². The molecule has 0 aromatic heterocycles. The highest BCUT2D eigenvalue weighted by atomic mass is 16.5.